The van der Waals surface area contributed by atoms with Crippen molar-refractivity contribution in [3.05, 3.63) is 51.7 Å². The van der Waals surface area contributed by atoms with Crippen molar-refractivity contribution in [2.75, 3.05) is 11.9 Å². The molecule has 24 heavy (non-hydrogen) atoms. The molecule has 2 rings (SSSR count). The van der Waals surface area contributed by atoms with Crippen molar-refractivity contribution in [1.82, 2.24) is 0 Å². The summed E-state index contributed by atoms with van der Waals surface area (Å²) in [6, 6.07) is 6.44. The maximum atomic E-state index is 12.4. The van der Waals surface area contributed by atoms with Crippen LogP contribution in [0, 0.1) is 6.92 Å². The zero-order chi connectivity index (χ0) is 17.9. The first-order chi connectivity index (χ1) is 11.4. The van der Waals surface area contributed by atoms with Crippen LogP contribution in [0.15, 0.2) is 28.7 Å². The number of benzene rings is 1. The zero-order valence-corrected chi connectivity index (χ0v) is 14.2. The van der Waals surface area contributed by atoms with E-state index in [9.17, 15) is 14.4 Å². The van der Waals surface area contributed by atoms with Gasteiger partial charge in [0.1, 0.15) is 11.3 Å². The van der Waals surface area contributed by atoms with Crippen LogP contribution < -0.4 is 5.32 Å². The molecular formula is C17H16ClNO5. The minimum atomic E-state index is -0.742. The van der Waals surface area contributed by atoms with E-state index in [-0.39, 0.29) is 45.7 Å². The molecule has 0 saturated carbocycles. The molecule has 0 atom stereocenters. The maximum Gasteiger partial charge on any atom is 0.344 e. The number of carbonyl (C=O) groups is 3. The van der Waals surface area contributed by atoms with E-state index in [2.05, 4.69) is 5.32 Å². The number of furan rings is 1. The van der Waals surface area contributed by atoms with Crippen LogP contribution in [0.5, 0.6) is 0 Å². The van der Waals surface area contributed by atoms with Crippen LogP contribution in [0.3, 0.4) is 0 Å². The van der Waals surface area contributed by atoms with Crippen molar-refractivity contribution in [1.29, 1.82) is 0 Å². The van der Waals surface area contributed by atoms with E-state index in [0.29, 0.717) is 0 Å². The van der Waals surface area contributed by atoms with Gasteiger partial charge >= 0.3 is 5.97 Å². The Kier molecular flexibility index (Phi) is 5.41. The molecule has 1 aromatic heterocycles. The molecule has 7 heteroatoms. The Morgan fingerprint density at radius 3 is 2.46 bits per heavy atom. The standard InChI is InChI=1S/C17H16ClNO5/c1-4-23-17(22)14-13(9(2)20)10(3)24-16(14)19-15(21)11-7-5-6-8-12(11)18/h5-8H,4H2,1-3H3,(H,19,21). The number of rotatable bonds is 5. The summed E-state index contributed by atoms with van der Waals surface area (Å²) in [4.78, 5) is 36.4. The van der Waals surface area contributed by atoms with Gasteiger partial charge in [-0.1, -0.05) is 23.7 Å². The second-order valence-corrected chi connectivity index (χ2v) is 5.36. The summed E-state index contributed by atoms with van der Waals surface area (Å²) < 4.78 is 10.4. The molecule has 1 N–H and O–H groups in total. The van der Waals surface area contributed by atoms with Gasteiger partial charge in [0.15, 0.2) is 5.78 Å². The van der Waals surface area contributed by atoms with E-state index in [4.69, 9.17) is 20.8 Å². The van der Waals surface area contributed by atoms with Gasteiger partial charge in [-0.3, -0.25) is 14.9 Å². The predicted octanol–water partition coefficient (Wildman–Crippen LogP) is 3.87. The molecule has 0 radical (unpaired) electrons. The highest BCUT2D eigenvalue weighted by Gasteiger charge is 2.29. The topological polar surface area (TPSA) is 85.6 Å². The van der Waals surface area contributed by atoms with Crippen LogP contribution in [0.2, 0.25) is 5.02 Å². The lowest BCUT2D eigenvalue weighted by atomic mass is 10.1. The minimum Gasteiger partial charge on any atom is -0.462 e. The van der Waals surface area contributed by atoms with Crippen molar-refractivity contribution in [3.63, 3.8) is 0 Å². The number of nitrogens with one attached hydrogen (secondary N) is 1. The van der Waals surface area contributed by atoms with Crippen LogP contribution in [-0.2, 0) is 4.74 Å². The molecular weight excluding hydrogens is 334 g/mol. The molecule has 0 saturated heterocycles. The number of ketones is 1. The molecule has 1 amide bonds. The third-order valence-electron chi connectivity index (χ3n) is 3.26. The summed E-state index contributed by atoms with van der Waals surface area (Å²) in [6.07, 6.45) is 0. The SMILES string of the molecule is CCOC(=O)c1c(NC(=O)c2ccccc2Cl)oc(C)c1C(C)=O. The predicted molar refractivity (Wildman–Crippen MR) is 88.8 cm³/mol. The summed E-state index contributed by atoms with van der Waals surface area (Å²) >= 11 is 5.99. The molecule has 1 heterocycles. The van der Waals surface area contributed by atoms with Crippen molar-refractivity contribution < 1.29 is 23.5 Å². The molecule has 126 valence electrons. The zero-order valence-electron chi connectivity index (χ0n) is 13.4. The van der Waals surface area contributed by atoms with Gasteiger partial charge in [-0.05, 0) is 32.9 Å². The van der Waals surface area contributed by atoms with Crippen LogP contribution in [-0.4, -0.2) is 24.3 Å². The highest BCUT2D eigenvalue weighted by atomic mass is 35.5. The van der Waals surface area contributed by atoms with Gasteiger partial charge < -0.3 is 9.15 Å². The first kappa shape index (κ1) is 17.7. The summed E-state index contributed by atoms with van der Waals surface area (Å²) in [5.41, 5.74) is 0.206. The van der Waals surface area contributed by atoms with Crippen molar-refractivity contribution in [2.45, 2.75) is 20.8 Å². The molecule has 2 aromatic rings. The van der Waals surface area contributed by atoms with Crippen LogP contribution in [0.4, 0.5) is 5.88 Å². The monoisotopic (exact) mass is 349 g/mol. The number of amides is 1. The number of ether oxygens (including phenoxy) is 1. The second-order valence-electron chi connectivity index (χ2n) is 4.95. The second kappa shape index (κ2) is 7.31. The third kappa shape index (κ3) is 3.49. The lowest BCUT2D eigenvalue weighted by Gasteiger charge is -2.07. The number of aryl methyl sites for hydroxylation is 1. The number of Topliss-reactive ketones (excluding diaryl/α,β-unsaturated/α-hetero) is 1. The van der Waals surface area contributed by atoms with E-state index in [0.717, 1.165) is 0 Å². The maximum absolute atomic E-state index is 12.4. The quantitative estimate of drug-likeness (QED) is 0.654. The molecule has 0 unspecified atom stereocenters. The normalized spacial score (nSPS) is 10.3. The number of carbonyl (C=O) groups excluding carboxylic acids is 3. The summed E-state index contributed by atoms with van der Waals surface area (Å²) in [7, 11) is 0. The van der Waals surface area contributed by atoms with Gasteiger partial charge in [0.2, 0.25) is 5.88 Å². The molecule has 0 spiro atoms. The molecule has 0 fully saturated rings. The fraction of sp³-hybridized carbons (Fsp3) is 0.235. The average Bonchev–Trinajstić information content (AvgIpc) is 2.84. The molecule has 1 aromatic carbocycles. The smallest absolute Gasteiger partial charge is 0.344 e. The third-order valence-corrected chi connectivity index (χ3v) is 3.59. The summed E-state index contributed by atoms with van der Waals surface area (Å²) in [5.74, 6) is -1.58. The minimum absolute atomic E-state index is 0.0860. The highest BCUT2D eigenvalue weighted by molar-refractivity contribution is 6.34. The average molecular weight is 350 g/mol. The largest absolute Gasteiger partial charge is 0.462 e. The Balaban J connectivity index is 2.45. The van der Waals surface area contributed by atoms with Gasteiger partial charge in [0, 0.05) is 0 Å². The van der Waals surface area contributed by atoms with E-state index in [1.54, 1.807) is 25.1 Å². The highest BCUT2D eigenvalue weighted by Crippen LogP contribution is 2.29. The van der Waals surface area contributed by atoms with E-state index < -0.39 is 11.9 Å². The van der Waals surface area contributed by atoms with Gasteiger partial charge in [0.25, 0.3) is 5.91 Å². The molecule has 0 aliphatic heterocycles. The van der Waals surface area contributed by atoms with Crippen molar-refractivity contribution >= 4 is 35.1 Å². The molecule has 6 nitrogen and oxygen atoms in total. The van der Waals surface area contributed by atoms with E-state index in [1.807, 2.05) is 0 Å². The number of halogens is 1. The van der Waals surface area contributed by atoms with Crippen molar-refractivity contribution in [2.24, 2.45) is 0 Å². The van der Waals surface area contributed by atoms with Crippen molar-refractivity contribution in [3.8, 4) is 0 Å². The van der Waals surface area contributed by atoms with Gasteiger partial charge in [-0.25, -0.2) is 4.79 Å². The fourth-order valence-corrected chi connectivity index (χ4v) is 2.49. The Labute approximate surface area is 143 Å². The lowest BCUT2D eigenvalue weighted by molar-refractivity contribution is 0.0524. The molecule has 0 aliphatic carbocycles. The first-order valence-electron chi connectivity index (χ1n) is 7.24. The van der Waals surface area contributed by atoms with Crippen LogP contribution >= 0.6 is 11.6 Å². The Morgan fingerprint density at radius 2 is 1.88 bits per heavy atom. The van der Waals surface area contributed by atoms with Gasteiger partial charge in [0.05, 0.1) is 22.8 Å². The molecule has 0 aliphatic rings. The Bertz CT molecular complexity index is 809. The van der Waals surface area contributed by atoms with Crippen LogP contribution in [0.25, 0.3) is 0 Å². The summed E-state index contributed by atoms with van der Waals surface area (Å²) in [5, 5.41) is 2.73. The Morgan fingerprint density at radius 1 is 1.21 bits per heavy atom. The van der Waals surface area contributed by atoms with E-state index in [1.165, 1.54) is 19.9 Å². The number of esters is 1. The Hall–Kier alpha value is -2.60. The lowest BCUT2D eigenvalue weighted by Crippen LogP contribution is -2.16. The van der Waals surface area contributed by atoms with Gasteiger partial charge in [-0.2, -0.15) is 0 Å². The van der Waals surface area contributed by atoms with Crippen LogP contribution in [0.1, 0.15) is 50.7 Å². The van der Waals surface area contributed by atoms with Gasteiger partial charge in [-0.15, -0.1) is 0 Å². The first-order valence-corrected chi connectivity index (χ1v) is 7.61. The summed E-state index contributed by atoms with van der Waals surface area (Å²) in [6.45, 7) is 4.60. The number of hydrogen-bond acceptors (Lipinski definition) is 5. The number of anilines is 1. The number of hydrogen-bond donors (Lipinski definition) is 1. The van der Waals surface area contributed by atoms with E-state index >= 15 is 0 Å². The molecule has 0 bridgehead atoms. The fourth-order valence-electron chi connectivity index (χ4n) is 2.27.